The van der Waals surface area contributed by atoms with Crippen LogP contribution in [0.2, 0.25) is 0 Å². The third kappa shape index (κ3) is 4.08. The molecule has 1 aromatic rings. The number of hydrogen-bond donors (Lipinski definition) is 1. The number of benzene rings is 1. The van der Waals surface area contributed by atoms with Crippen molar-refractivity contribution in [3.05, 3.63) is 35.9 Å². The Bertz CT molecular complexity index is 403. The lowest BCUT2D eigenvalue weighted by atomic mass is 9.86. The molecular formula is C19H32N2. The van der Waals surface area contributed by atoms with Gasteiger partial charge in [0, 0.05) is 26.2 Å². The maximum Gasteiger partial charge on any atom is 0.0557 e. The quantitative estimate of drug-likeness (QED) is 0.815. The van der Waals surface area contributed by atoms with Gasteiger partial charge >= 0.3 is 0 Å². The maximum absolute atomic E-state index is 3.60. The highest BCUT2D eigenvalue weighted by Gasteiger charge is 2.36. The van der Waals surface area contributed by atoms with E-state index >= 15 is 0 Å². The molecule has 1 aliphatic rings. The Kier molecular flexibility index (Phi) is 6.25. The number of nitrogens with one attached hydrogen (secondary N) is 1. The lowest BCUT2D eigenvalue weighted by Gasteiger charge is -2.47. The van der Waals surface area contributed by atoms with Crippen LogP contribution in [0.25, 0.3) is 0 Å². The van der Waals surface area contributed by atoms with Crippen LogP contribution in [0, 0.1) is 5.92 Å². The second-order valence-electron chi connectivity index (χ2n) is 6.68. The molecule has 1 heterocycles. The Hall–Kier alpha value is -0.860. The van der Waals surface area contributed by atoms with Gasteiger partial charge in [0.15, 0.2) is 0 Å². The van der Waals surface area contributed by atoms with Crippen molar-refractivity contribution >= 4 is 0 Å². The Labute approximate surface area is 130 Å². The molecular weight excluding hydrogens is 256 g/mol. The minimum Gasteiger partial charge on any atom is -0.313 e. The molecule has 0 bridgehead atoms. The average molecular weight is 288 g/mol. The molecule has 1 N–H and O–H groups in total. The van der Waals surface area contributed by atoms with Crippen LogP contribution < -0.4 is 5.32 Å². The fourth-order valence-electron chi connectivity index (χ4n) is 3.51. The van der Waals surface area contributed by atoms with Crippen molar-refractivity contribution in [2.45, 2.75) is 52.0 Å². The van der Waals surface area contributed by atoms with Crippen molar-refractivity contribution in [2.24, 2.45) is 5.92 Å². The molecule has 2 rings (SSSR count). The highest BCUT2D eigenvalue weighted by Crippen LogP contribution is 2.31. The van der Waals surface area contributed by atoms with Crippen LogP contribution in [0.1, 0.15) is 52.0 Å². The Morgan fingerprint density at radius 2 is 2.00 bits per heavy atom. The Morgan fingerprint density at radius 1 is 1.24 bits per heavy atom. The molecule has 1 aromatic carbocycles. The van der Waals surface area contributed by atoms with E-state index in [9.17, 15) is 0 Å². The van der Waals surface area contributed by atoms with Crippen LogP contribution in [-0.4, -0.2) is 31.1 Å². The van der Waals surface area contributed by atoms with E-state index in [2.05, 4.69) is 61.3 Å². The second kappa shape index (κ2) is 7.95. The monoisotopic (exact) mass is 288 g/mol. The van der Waals surface area contributed by atoms with Crippen molar-refractivity contribution in [1.29, 1.82) is 0 Å². The van der Waals surface area contributed by atoms with Crippen molar-refractivity contribution in [2.75, 3.05) is 26.2 Å². The van der Waals surface area contributed by atoms with E-state index in [0.717, 1.165) is 25.6 Å². The molecule has 2 nitrogen and oxygen atoms in total. The topological polar surface area (TPSA) is 15.3 Å². The van der Waals surface area contributed by atoms with Gasteiger partial charge in [0.2, 0.25) is 0 Å². The summed E-state index contributed by atoms with van der Waals surface area (Å²) in [5, 5.41) is 3.60. The minimum absolute atomic E-state index is 0.138. The Balaban J connectivity index is 2.11. The molecule has 0 radical (unpaired) electrons. The number of unbranched alkanes of at least 4 members (excludes halogenated alkanes) is 1. The van der Waals surface area contributed by atoms with E-state index in [4.69, 9.17) is 0 Å². The molecule has 1 aliphatic heterocycles. The van der Waals surface area contributed by atoms with E-state index in [1.54, 1.807) is 0 Å². The summed E-state index contributed by atoms with van der Waals surface area (Å²) in [5.41, 5.74) is 1.58. The first-order chi connectivity index (χ1) is 10.2. The lowest BCUT2D eigenvalue weighted by Crippen LogP contribution is -2.58. The first-order valence-electron chi connectivity index (χ1n) is 8.72. The Morgan fingerprint density at radius 3 is 2.67 bits per heavy atom. The zero-order valence-electron chi connectivity index (χ0n) is 14.1. The summed E-state index contributed by atoms with van der Waals surface area (Å²) in [6.07, 6.45) is 5.36. The van der Waals surface area contributed by atoms with Crippen LogP contribution in [0.5, 0.6) is 0 Å². The number of hydrogen-bond acceptors (Lipinski definition) is 2. The van der Waals surface area contributed by atoms with Gasteiger partial charge in [-0.15, -0.1) is 0 Å². The van der Waals surface area contributed by atoms with Gasteiger partial charge < -0.3 is 5.32 Å². The van der Waals surface area contributed by atoms with Crippen LogP contribution in [0.3, 0.4) is 0 Å². The molecule has 0 amide bonds. The molecule has 118 valence electrons. The molecule has 1 fully saturated rings. The SMILES string of the molecule is CCCCC(CC)CN1CCNCC1(C)c1ccccc1. The van der Waals surface area contributed by atoms with Gasteiger partial charge in [-0.25, -0.2) is 0 Å². The average Bonchev–Trinajstić information content (AvgIpc) is 2.54. The second-order valence-corrected chi connectivity index (χ2v) is 6.68. The van der Waals surface area contributed by atoms with Gasteiger partial charge in [-0.1, -0.05) is 63.4 Å². The van der Waals surface area contributed by atoms with E-state index in [1.165, 1.54) is 37.8 Å². The van der Waals surface area contributed by atoms with Crippen LogP contribution in [-0.2, 0) is 5.54 Å². The fourth-order valence-corrected chi connectivity index (χ4v) is 3.51. The smallest absolute Gasteiger partial charge is 0.0557 e. The summed E-state index contributed by atoms with van der Waals surface area (Å²) in [6, 6.07) is 11.0. The predicted molar refractivity (Wildman–Crippen MR) is 91.5 cm³/mol. The maximum atomic E-state index is 3.60. The van der Waals surface area contributed by atoms with Crippen molar-refractivity contribution < 1.29 is 0 Å². The molecule has 0 aromatic heterocycles. The highest BCUT2D eigenvalue weighted by atomic mass is 15.3. The van der Waals surface area contributed by atoms with Crippen molar-refractivity contribution in [3.8, 4) is 0 Å². The molecule has 2 atom stereocenters. The molecule has 2 unspecified atom stereocenters. The van der Waals surface area contributed by atoms with E-state index < -0.39 is 0 Å². The first-order valence-corrected chi connectivity index (χ1v) is 8.72. The molecule has 0 aliphatic carbocycles. The van der Waals surface area contributed by atoms with Gasteiger partial charge in [0.05, 0.1) is 5.54 Å². The zero-order valence-corrected chi connectivity index (χ0v) is 14.1. The normalized spacial score (nSPS) is 24.9. The largest absolute Gasteiger partial charge is 0.313 e. The van der Waals surface area contributed by atoms with Crippen LogP contribution in [0.15, 0.2) is 30.3 Å². The third-order valence-electron chi connectivity index (χ3n) is 5.14. The standard InChI is InChI=1S/C19H32N2/c1-4-6-10-17(5-2)15-21-14-13-20-16-19(21,3)18-11-8-7-9-12-18/h7-9,11-12,17,20H,4-6,10,13-16H2,1-3H3. The van der Waals surface area contributed by atoms with Crippen molar-refractivity contribution in [3.63, 3.8) is 0 Å². The number of piperazine rings is 1. The fraction of sp³-hybridized carbons (Fsp3) is 0.684. The number of rotatable bonds is 7. The molecule has 0 spiro atoms. The third-order valence-corrected chi connectivity index (χ3v) is 5.14. The van der Waals surface area contributed by atoms with Gasteiger partial charge in [0.25, 0.3) is 0 Å². The highest BCUT2D eigenvalue weighted by molar-refractivity contribution is 5.25. The zero-order chi connectivity index (χ0) is 15.1. The molecule has 0 saturated carbocycles. The summed E-state index contributed by atoms with van der Waals surface area (Å²) in [7, 11) is 0. The molecule has 2 heteroatoms. The number of nitrogens with zero attached hydrogens (tertiary/aromatic N) is 1. The predicted octanol–water partition coefficient (Wildman–Crippen LogP) is 4.02. The van der Waals surface area contributed by atoms with Gasteiger partial charge in [0.1, 0.15) is 0 Å². The summed E-state index contributed by atoms with van der Waals surface area (Å²) in [6.45, 7) is 11.6. The van der Waals surface area contributed by atoms with Gasteiger partial charge in [-0.2, -0.15) is 0 Å². The molecule has 21 heavy (non-hydrogen) atoms. The summed E-state index contributed by atoms with van der Waals surface area (Å²) in [4.78, 5) is 2.72. The van der Waals surface area contributed by atoms with E-state index in [0.29, 0.717) is 0 Å². The molecule has 1 saturated heterocycles. The first kappa shape index (κ1) is 16.5. The van der Waals surface area contributed by atoms with Gasteiger partial charge in [-0.05, 0) is 24.8 Å². The summed E-state index contributed by atoms with van der Waals surface area (Å²) in [5.74, 6) is 0.839. The van der Waals surface area contributed by atoms with Crippen LogP contribution >= 0.6 is 0 Å². The van der Waals surface area contributed by atoms with E-state index in [-0.39, 0.29) is 5.54 Å². The van der Waals surface area contributed by atoms with E-state index in [1.807, 2.05) is 0 Å². The van der Waals surface area contributed by atoms with Crippen molar-refractivity contribution in [1.82, 2.24) is 10.2 Å². The van der Waals surface area contributed by atoms with Gasteiger partial charge in [-0.3, -0.25) is 4.90 Å². The lowest BCUT2D eigenvalue weighted by molar-refractivity contribution is 0.0535. The summed E-state index contributed by atoms with van der Waals surface area (Å²) >= 11 is 0. The summed E-state index contributed by atoms with van der Waals surface area (Å²) < 4.78 is 0. The van der Waals surface area contributed by atoms with Crippen LogP contribution in [0.4, 0.5) is 0 Å². The minimum atomic E-state index is 0.138.